The second kappa shape index (κ2) is 6.73. The number of hydrogen-bond acceptors (Lipinski definition) is 2. The van der Waals surface area contributed by atoms with Crippen molar-refractivity contribution in [1.29, 1.82) is 0 Å². The number of carboxylic acid groups (broad SMARTS) is 2. The number of aliphatic carboxylic acids is 2. The molecule has 1 aliphatic carbocycles. The van der Waals surface area contributed by atoms with Gasteiger partial charge in [-0.1, -0.05) is 39.5 Å². The van der Waals surface area contributed by atoms with E-state index in [1.54, 1.807) is 0 Å². The molecule has 1 saturated carbocycles. The van der Waals surface area contributed by atoms with Gasteiger partial charge in [-0.2, -0.15) is 0 Å². The van der Waals surface area contributed by atoms with Gasteiger partial charge in [-0.25, -0.2) is 9.59 Å². The topological polar surface area (TPSA) is 74.6 Å². The van der Waals surface area contributed by atoms with Gasteiger partial charge in [0.1, 0.15) is 5.57 Å². The Morgan fingerprint density at radius 3 is 1.89 bits per heavy atom. The Bertz CT molecular complexity index is 360. The minimum Gasteiger partial charge on any atom is -0.477 e. The summed E-state index contributed by atoms with van der Waals surface area (Å²) in [6.45, 7) is 4.04. The lowest BCUT2D eigenvalue weighted by molar-refractivity contribution is -0.140. The van der Waals surface area contributed by atoms with Crippen molar-refractivity contribution in [2.45, 2.75) is 65.2 Å². The minimum absolute atomic E-state index is 0.184. The molecule has 0 unspecified atom stereocenters. The molecule has 0 aromatic carbocycles. The minimum atomic E-state index is -1.29. The van der Waals surface area contributed by atoms with Crippen molar-refractivity contribution in [2.75, 3.05) is 0 Å². The predicted molar refractivity (Wildman–Crippen MR) is 73.0 cm³/mol. The zero-order chi connectivity index (χ0) is 14.5. The zero-order valence-corrected chi connectivity index (χ0v) is 11.9. The van der Waals surface area contributed by atoms with Gasteiger partial charge in [0.25, 0.3) is 0 Å². The van der Waals surface area contributed by atoms with E-state index in [-0.39, 0.29) is 11.0 Å². The Morgan fingerprint density at radius 2 is 1.53 bits per heavy atom. The third kappa shape index (κ3) is 3.37. The van der Waals surface area contributed by atoms with Crippen LogP contribution < -0.4 is 0 Å². The van der Waals surface area contributed by atoms with Gasteiger partial charge in [0.05, 0.1) is 0 Å². The molecule has 1 aliphatic rings. The Labute approximate surface area is 114 Å². The van der Waals surface area contributed by atoms with E-state index >= 15 is 0 Å². The first-order chi connectivity index (χ1) is 8.98. The fraction of sp³-hybridized carbons (Fsp3) is 0.733. The molecule has 0 aromatic rings. The first kappa shape index (κ1) is 15.7. The van der Waals surface area contributed by atoms with E-state index in [0.717, 1.165) is 44.9 Å². The first-order valence-electron chi connectivity index (χ1n) is 7.18. The number of hydrogen-bond donors (Lipinski definition) is 2. The average molecular weight is 268 g/mol. The maximum atomic E-state index is 11.3. The van der Waals surface area contributed by atoms with Crippen molar-refractivity contribution in [1.82, 2.24) is 0 Å². The Balaban J connectivity index is 3.33. The van der Waals surface area contributed by atoms with E-state index < -0.39 is 11.9 Å². The molecule has 1 fully saturated rings. The molecule has 0 spiro atoms. The highest BCUT2D eigenvalue weighted by Crippen LogP contribution is 2.50. The molecule has 0 radical (unpaired) electrons. The van der Waals surface area contributed by atoms with Gasteiger partial charge >= 0.3 is 11.9 Å². The summed E-state index contributed by atoms with van der Waals surface area (Å²) in [5, 5.41) is 18.5. The highest BCUT2D eigenvalue weighted by atomic mass is 16.4. The second-order valence-corrected chi connectivity index (χ2v) is 5.45. The van der Waals surface area contributed by atoms with Crippen molar-refractivity contribution in [3.05, 3.63) is 11.1 Å². The van der Waals surface area contributed by atoms with E-state index in [4.69, 9.17) is 0 Å². The lowest BCUT2D eigenvalue weighted by Crippen LogP contribution is -2.26. The molecule has 4 heteroatoms. The lowest BCUT2D eigenvalue weighted by Gasteiger charge is -2.33. The summed E-state index contributed by atoms with van der Waals surface area (Å²) in [5.41, 5.74) is 0.114. The van der Waals surface area contributed by atoms with Crippen LogP contribution in [0.4, 0.5) is 0 Å². The van der Waals surface area contributed by atoms with Crippen molar-refractivity contribution in [2.24, 2.45) is 5.41 Å². The van der Waals surface area contributed by atoms with Gasteiger partial charge in [0, 0.05) is 0 Å². The second-order valence-electron chi connectivity index (χ2n) is 5.45. The summed E-state index contributed by atoms with van der Waals surface area (Å²) < 4.78 is 0. The Hall–Kier alpha value is -1.32. The average Bonchev–Trinajstić information content (AvgIpc) is 2.77. The van der Waals surface area contributed by atoms with Crippen LogP contribution in [0.2, 0.25) is 0 Å². The summed E-state index contributed by atoms with van der Waals surface area (Å²) >= 11 is 0. The normalized spacial score (nSPS) is 17.2. The fourth-order valence-electron chi connectivity index (χ4n) is 3.49. The molecular formula is C15H24O4. The van der Waals surface area contributed by atoms with Gasteiger partial charge in [-0.15, -0.1) is 0 Å². The molecule has 108 valence electrons. The summed E-state index contributed by atoms with van der Waals surface area (Å²) in [4.78, 5) is 22.6. The summed E-state index contributed by atoms with van der Waals surface area (Å²) in [6.07, 6.45) is 7.21. The molecule has 4 nitrogen and oxygen atoms in total. The Kier molecular flexibility index (Phi) is 5.58. The SMILES string of the molecule is CCCC(=C(C(=O)O)C(=O)O)C1(CCC)CCCC1. The van der Waals surface area contributed by atoms with E-state index in [9.17, 15) is 19.8 Å². The van der Waals surface area contributed by atoms with Crippen LogP contribution in [0.25, 0.3) is 0 Å². The number of rotatable bonds is 7. The van der Waals surface area contributed by atoms with Gasteiger partial charge in [-0.3, -0.25) is 0 Å². The maximum absolute atomic E-state index is 11.3. The quantitative estimate of drug-likeness (QED) is 0.420. The summed E-state index contributed by atoms with van der Waals surface area (Å²) in [5.74, 6) is -2.59. The van der Waals surface area contributed by atoms with Crippen LogP contribution in [0.15, 0.2) is 11.1 Å². The molecule has 1 rings (SSSR count). The standard InChI is InChI=1S/C15H24O4/c1-3-7-11(12(13(16)17)14(18)19)15(8-4-2)9-5-6-10-15/h3-10H2,1-2H3,(H,16,17)(H,18,19). The largest absolute Gasteiger partial charge is 0.477 e. The molecule has 0 saturated heterocycles. The summed E-state index contributed by atoms with van der Waals surface area (Å²) in [7, 11) is 0. The summed E-state index contributed by atoms with van der Waals surface area (Å²) in [6, 6.07) is 0. The van der Waals surface area contributed by atoms with Crippen LogP contribution in [-0.2, 0) is 9.59 Å². The highest BCUT2D eigenvalue weighted by molar-refractivity contribution is 6.13. The molecule has 0 atom stereocenters. The van der Waals surface area contributed by atoms with Crippen LogP contribution in [0.1, 0.15) is 65.2 Å². The van der Waals surface area contributed by atoms with Crippen LogP contribution in [-0.4, -0.2) is 22.2 Å². The number of carboxylic acids is 2. The number of carbonyl (C=O) groups is 2. The van der Waals surface area contributed by atoms with Crippen molar-refractivity contribution in [3.63, 3.8) is 0 Å². The molecule has 19 heavy (non-hydrogen) atoms. The van der Waals surface area contributed by atoms with Gasteiger partial charge in [0.15, 0.2) is 0 Å². The van der Waals surface area contributed by atoms with Gasteiger partial charge in [-0.05, 0) is 36.7 Å². The molecule has 0 bridgehead atoms. The van der Waals surface area contributed by atoms with E-state index in [0.29, 0.717) is 12.0 Å². The fourth-order valence-corrected chi connectivity index (χ4v) is 3.49. The van der Waals surface area contributed by atoms with E-state index in [1.807, 2.05) is 6.92 Å². The lowest BCUT2D eigenvalue weighted by atomic mass is 9.71. The van der Waals surface area contributed by atoms with Crippen molar-refractivity contribution < 1.29 is 19.8 Å². The van der Waals surface area contributed by atoms with Crippen molar-refractivity contribution in [3.8, 4) is 0 Å². The maximum Gasteiger partial charge on any atom is 0.343 e. The molecular weight excluding hydrogens is 244 g/mol. The molecule has 0 heterocycles. The molecule has 0 aliphatic heterocycles. The van der Waals surface area contributed by atoms with Crippen LogP contribution in [0.3, 0.4) is 0 Å². The highest BCUT2D eigenvalue weighted by Gasteiger charge is 2.40. The van der Waals surface area contributed by atoms with Crippen molar-refractivity contribution >= 4 is 11.9 Å². The number of allylic oxidation sites excluding steroid dienone is 1. The van der Waals surface area contributed by atoms with Gasteiger partial charge < -0.3 is 10.2 Å². The molecule has 0 amide bonds. The molecule has 2 N–H and O–H groups in total. The zero-order valence-electron chi connectivity index (χ0n) is 11.9. The van der Waals surface area contributed by atoms with Crippen LogP contribution in [0.5, 0.6) is 0 Å². The van der Waals surface area contributed by atoms with E-state index in [2.05, 4.69) is 6.92 Å². The smallest absolute Gasteiger partial charge is 0.343 e. The Morgan fingerprint density at radius 1 is 1.00 bits per heavy atom. The first-order valence-corrected chi connectivity index (χ1v) is 7.18. The molecule has 0 aromatic heterocycles. The predicted octanol–water partition coefficient (Wildman–Crippen LogP) is 3.61. The van der Waals surface area contributed by atoms with Crippen LogP contribution >= 0.6 is 0 Å². The monoisotopic (exact) mass is 268 g/mol. The van der Waals surface area contributed by atoms with E-state index in [1.165, 1.54) is 0 Å². The third-order valence-corrected chi connectivity index (χ3v) is 4.16. The van der Waals surface area contributed by atoms with Gasteiger partial charge in [0.2, 0.25) is 0 Å². The third-order valence-electron chi connectivity index (χ3n) is 4.16. The van der Waals surface area contributed by atoms with Crippen LogP contribution in [0, 0.1) is 5.41 Å².